The summed E-state index contributed by atoms with van der Waals surface area (Å²) in [7, 11) is 3.29. The standard InChI is InChI=1S/C13H19N5O3/c1-4-7-18-11(20)9-10(17(3)13(18)21)15-12(16(9)2)14-6-5-8-19/h4,19H,1,5-8H2,2-3H3,(H,14,15). The Hall–Kier alpha value is -2.35. The molecule has 8 nitrogen and oxygen atoms in total. The van der Waals surface area contributed by atoms with Gasteiger partial charge in [0.25, 0.3) is 5.56 Å². The Morgan fingerprint density at radius 2 is 2.05 bits per heavy atom. The van der Waals surface area contributed by atoms with Gasteiger partial charge in [-0.2, -0.15) is 4.98 Å². The van der Waals surface area contributed by atoms with Gasteiger partial charge in [0.2, 0.25) is 5.95 Å². The number of fused-ring (bicyclic) bond motifs is 1. The molecule has 0 aliphatic heterocycles. The van der Waals surface area contributed by atoms with Crippen LogP contribution in [0.4, 0.5) is 5.95 Å². The summed E-state index contributed by atoms with van der Waals surface area (Å²) in [6, 6.07) is 0. The zero-order valence-electron chi connectivity index (χ0n) is 12.2. The maximum Gasteiger partial charge on any atom is 0.332 e. The first-order valence-electron chi connectivity index (χ1n) is 6.64. The van der Waals surface area contributed by atoms with E-state index in [0.717, 1.165) is 4.57 Å². The van der Waals surface area contributed by atoms with Crippen LogP contribution in [-0.4, -0.2) is 36.9 Å². The molecule has 0 saturated carbocycles. The van der Waals surface area contributed by atoms with Crippen molar-refractivity contribution in [2.24, 2.45) is 14.1 Å². The SMILES string of the molecule is C=CCn1c(=O)c2c(nc(NCCCO)n2C)n(C)c1=O. The number of aliphatic hydroxyl groups excluding tert-OH is 1. The molecule has 0 fully saturated rings. The van der Waals surface area contributed by atoms with E-state index in [4.69, 9.17) is 5.11 Å². The van der Waals surface area contributed by atoms with E-state index in [1.54, 1.807) is 18.7 Å². The van der Waals surface area contributed by atoms with E-state index in [1.807, 2.05) is 0 Å². The lowest BCUT2D eigenvalue weighted by Crippen LogP contribution is -2.39. The first kappa shape index (κ1) is 15.0. The lowest BCUT2D eigenvalue weighted by Gasteiger charge is -2.06. The monoisotopic (exact) mass is 293 g/mol. The maximum atomic E-state index is 12.4. The van der Waals surface area contributed by atoms with Crippen molar-refractivity contribution in [3.8, 4) is 0 Å². The summed E-state index contributed by atoms with van der Waals surface area (Å²) < 4.78 is 4.08. The third kappa shape index (κ3) is 2.49. The molecule has 0 aromatic carbocycles. The lowest BCUT2D eigenvalue weighted by molar-refractivity contribution is 0.292. The summed E-state index contributed by atoms with van der Waals surface area (Å²) in [5, 5.41) is 11.8. The minimum atomic E-state index is -0.424. The van der Waals surface area contributed by atoms with Crippen molar-refractivity contribution in [1.82, 2.24) is 18.7 Å². The van der Waals surface area contributed by atoms with Gasteiger partial charge in [-0.1, -0.05) is 6.08 Å². The highest BCUT2D eigenvalue weighted by molar-refractivity contribution is 5.74. The highest BCUT2D eigenvalue weighted by atomic mass is 16.3. The van der Waals surface area contributed by atoms with Crippen molar-refractivity contribution in [1.29, 1.82) is 0 Å². The van der Waals surface area contributed by atoms with Gasteiger partial charge in [0.15, 0.2) is 11.2 Å². The van der Waals surface area contributed by atoms with Gasteiger partial charge < -0.3 is 15.0 Å². The van der Waals surface area contributed by atoms with Gasteiger partial charge in [0, 0.05) is 33.8 Å². The number of hydrogen-bond acceptors (Lipinski definition) is 5. The minimum Gasteiger partial charge on any atom is -0.396 e. The number of allylic oxidation sites excluding steroid dienone is 1. The third-order valence-corrected chi connectivity index (χ3v) is 3.29. The van der Waals surface area contributed by atoms with Gasteiger partial charge in [0.05, 0.1) is 0 Å². The largest absolute Gasteiger partial charge is 0.396 e. The summed E-state index contributed by atoms with van der Waals surface area (Å²) in [5.41, 5.74) is -0.129. The molecule has 2 aromatic rings. The van der Waals surface area contributed by atoms with E-state index in [-0.39, 0.29) is 13.2 Å². The van der Waals surface area contributed by atoms with Crippen molar-refractivity contribution >= 4 is 17.1 Å². The zero-order chi connectivity index (χ0) is 15.6. The fraction of sp³-hybridized carbons (Fsp3) is 0.462. The van der Waals surface area contributed by atoms with Crippen molar-refractivity contribution < 1.29 is 5.11 Å². The number of nitrogens with one attached hydrogen (secondary N) is 1. The van der Waals surface area contributed by atoms with Crippen molar-refractivity contribution in [2.45, 2.75) is 13.0 Å². The fourth-order valence-corrected chi connectivity index (χ4v) is 2.17. The summed E-state index contributed by atoms with van der Waals surface area (Å²) in [4.78, 5) is 28.9. The molecule has 0 unspecified atom stereocenters. The number of aliphatic hydroxyl groups is 1. The highest BCUT2D eigenvalue weighted by Gasteiger charge is 2.17. The predicted octanol–water partition coefficient (Wildman–Crippen LogP) is -0.586. The molecule has 2 heterocycles. The number of hydrogen-bond donors (Lipinski definition) is 2. The molecule has 2 rings (SSSR count). The van der Waals surface area contributed by atoms with Gasteiger partial charge >= 0.3 is 5.69 Å². The molecule has 0 aliphatic rings. The average molecular weight is 293 g/mol. The second-order valence-corrected chi connectivity index (χ2v) is 4.72. The number of aromatic nitrogens is 4. The molecule has 21 heavy (non-hydrogen) atoms. The number of aryl methyl sites for hydroxylation is 2. The predicted molar refractivity (Wildman–Crippen MR) is 80.6 cm³/mol. The van der Waals surface area contributed by atoms with Crippen LogP contribution >= 0.6 is 0 Å². The van der Waals surface area contributed by atoms with Crippen molar-refractivity contribution in [3.63, 3.8) is 0 Å². The number of anilines is 1. The smallest absolute Gasteiger partial charge is 0.332 e. The van der Waals surface area contributed by atoms with Crippen molar-refractivity contribution in [2.75, 3.05) is 18.5 Å². The second-order valence-electron chi connectivity index (χ2n) is 4.72. The zero-order valence-corrected chi connectivity index (χ0v) is 12.2. The molecule has 2 N–H and O–H groups in total. The first-order chi connectivity index (χ1) is 10.0. The van der Waals surface area contributed by atoms with Crippen molar-refractivity contribution in [3.05, 3.63) is 33.5 Å². The van der Waals surface area contributed by atoms with Crippen LogP contribution in [-0.2, 0) is 20.6 Å². The van der Waals surface area contributed by atoms with E-state index in [1.165, 1.54) is 10.6 Å². The Morgan fingerprint density at radius 3 is 2.67 bits per heavy atom. The molecule has 114 valence electrons. The van der Waals surface area contributed by atoms with Crippen LogP contribution < -0.4 is 16.6 Å². The summed E-state index contributed by atoms with van der Waals surface area (Å²) >= 11 is 0. The van der Waals surface area contributed by atoms with Gasteiger partial charge in [-0.15, -0.1) is 6.58 Å². The van der Waals surface area contributed by atoms with E-state index in [9.17, 15) is 9.59 Å². The molecule has 0 radical (unpaired) electrons. The van der Waals surface area contributed by atoms with Crippen LogP contribution in [0, 0.1) is 0 Å². The average Bonchev–Trinajstić information content (AvgIpc) is 2.79. The fourth-order valence-electron chi connectivity index (χ4n) is 2.17. The molecular formula is C13H19N5O3. The normalized spacial score (nSPS) is 11.0. The number of nitrogens with zero attached hydrogens (tertiary/aromatic N) is 4. The minimum absolute atomic E-state index is 0.0710. The first-order valence-corrected chi connectivity index (χ1v) is 6.64. The van der Waals surface area contributed by atoms with Gasteiger partial charge in [-0.25, -0.2) is 4.79 Å². The number of imidazole rings is 1. The van der Waals surface area contributed by atoms with E-state index in [0.29, 0.717) is 30.1 Å². The van der Waals surface area contributed by atoms with Crippen LogP contribution in [0.5, 0.6) is 0 Å². The molecule has 0 amide bonds. The second kappa shape index (κ2) is 5.96. The Balaban J connectivity index is 2.65. The molecule has 2 aromatic heterocycles. The van der Waals surface area contributed by atoms with Crippen LogP contribution in [0.1, 0.15) is 6.42 Å². The molecule has 0 saturated heterocycles. The van der Waals surface area contributed by atoms with Crippen LogP contribution in [0.15, 0.2) is 22.2 Å². The van der Waals surface area contributed by atoms with Crippen LogP contribution in [0.25, 0.3) is 11.2 Å². The summed E-state index contributed by atoms with van der Waals surface area (Å²) in [6.45, 7) is 4.31. The van der Waals surface area contributed by atoms with E-state index < -0.39 is 11.2 Å². The summed E-state index contributed by atoms with van der Waals surface area (Å²) in [5.74, 6) is 0.488. The van der Waals surface area contributed by atoms with E-state index >= 15 is 0 Å². The summed E-state index contributed by atoms with van der Waals surface area (Å²) in [6.07, 6.45) is 2.08. The Labute approximate surface area is 121 Å². The topological polar surface area (TPSA) is 94.1 Å². The van der Waals surface area contributed by atoms with Gasteiger partial charge in [-0.3, -0.25) is 13.9 Å². The van der Waals surface area contributed by atoms with Crippen LogP contribution in [0.2, 0.25) is 0 Å². The Morgan fingerprint density at radius 1 is 1.33 bits per heavy atom. The van der Waals surface area contributed by atoms with Gasteiger partial charge in [0.1, 0.15) is 0 Å². The maximum absolute atomic E-state index is 12.4. The molecule has 0 aliphatic carbocycles. The molecule has 0 bridgehead atoms. The lowest BCUT2D eigenvalue weighted by atomic mass is 10.4. The number of rotatable bonds is 6. The third-order valence-electron chi connectivity index (χ3n) is 3.29. The highest BCUT2D eigenvalue weighted by Crippen LogP contribution is 2.13. The van der Waals surface area contributed by atoms with E-state index in [2.05, 4.69) is 16.9 Å². The molecule has 0 spiro atoms. The molecule has 0 atom stereocenters. The quantitative estimate of drug-likeness (QED) is 0.548. The van der Waals surface area contributed by atoms with Gasteiger partial charge in [-0.05, 0) is 6.42 Å². The van der Waals surface area contributed by atoms with Crippen LogP contribution in [0.3, 0.4) is 0 Å². The Bertz CT molecular complexity index is 784. The molecular weight excluding hydrogens is 274 g/mol. The molecule has 8 heteroatoms. The Kier molecular flexibility index (Phi) is 4.27.